The van der Waals surface area contributed by atoms with Crippen molar-refractivity contribution in [3.8, 4) is 0 Å². The second kappa shape index (κ2) is 3.11. The standard InChI is InChI=1S/C9H17N2/c1-2-10-5-7-11(8-6-10)9-3-4-9/h9H,1-8H2. The van der Waals surface area contributed by atoms with Crippen LogP contribution in [0.2, 0.25) is 0 Å². The van der Waals surface area contributed by atoms with Crippen molar-refractivity contribution in [3.05, 3.63) is 6.92 Å². The summed E-state index contributed by atoms with van der Waals surface area (Å²) in [5.74, 6) is 0. The summed E-state index contributed by atoms with van der Waals surface area (Å²) in [5.41, 5.74) is 0. The predicted molar refractivity (Wildman–Crippen MR) is 46.4 cm³/mol. The van der Waals surface area contributed by atoms with Crippen molar-refractivity contribution >= 4 is 0 Å². The van der Waals surface area contributed by atoms with Crippen LogP contribution in [-0.2, 0) is 0 Å². The molecule has 2 rings (SSSR count). The van der Waals surface area contributed by atoms with E-state index in [0.717, 1.165) is 12.6 Å². The van der Waals surface area contributed by atoms with Gasteiger partial charge in [-0.15, -0.1) is 0 Å². The van der Waals surface area contributed by atoms with Crippen molar-refractivity contribution in [2.24, 2.45) is 0 Å². The van der Waals surface area contributed by atoms with Crippen molar-refractivity contribution in [1.82, 2.24) is 9.80 Å². The molecule has 0 spiro atoms. The number of hydrogen-bond acceptors (Lipinski definition) is 2. The summed E-state index contributed by atoms with van der Waals surface area (Å²) >= 11 is 0. The zero-order chi connectivity index (χ0) is 7.68. The largest absolute Gasteiger partial charge is 0.301 e. The minimum Gasteiger partial charge on any atom is -0.301 e. The van der Waals surface area contributed by atoms with E-state index >= 15 is 0 Å². The van der Waals surface area contributed by atoms with Gasteiger partial charge in [0.25, 0.3) is 0 Å². The molecule has 0 N–H and O–H groups in total. The van der Waals surface area contributed by atoms with Crippen molar-refractivity contribution in [3.63, 3.8) is 0 Å². The van der Waals surface area contributed by atoms with Crippen molar-refractivity contribution in [1.29, 1.82) is 0 Å². The van der Waals surface area contributed by atoms with E-state index in [1.54, 1.807) is 0 Å². The normalized spacial score (nSPS) is 29.2. The lowest BCUT2D eigenvalue weighted by molar-refractivity contribution is 0.136. The van der Waals surface area contributed by atoms with E-state index in [9.17, 15) is 0 Å². The fraction of sp³-hybridized carbons (Fsp3) is 0.889. The average molecular weight is 153 g/mol. The van der Waals surface area contributed by atoms with E-state index in [-0.39, 0.29) is 0 Å². The molecule has 0 unspecified atom stereocenters. The second-order valence-corrected chi connectivity index (χ2v) is 3.61. The fourth-order valence-corrected chi connectivity index (χ4v) is 1.79. The minimum absolute atomic E-state index is 0.960. The summed E-state index contributed by atoms with van der Waals surface area (Å²) in [6, 6.07) is 0.960. The fourth-order valence-electron chi connectivity index (χ4n) is 1.79. The minimum atomic E-state index is 0.960. The Hall–Kier alpha value is -0.0800. The van der Waals surface area contributed by atoms with Crippen LogP contribution in [0.1, 0.15) is 12.8 Å². The molecule has 1 heterocycles. The summed E-state index contributed by atoms with van der Waals surface area (Å²) in [5, 5.41) is 0. The number of nitrogens with zero attached hydrogens (tertiary/aromatic N) is 2. The van der Waals surface area contributed by atoms with Gasteiger partial charge < -0.3 is 4.90 Å². The Morgan fingerprint density at radius 1 is 1.09 bits per heavy atom. The van der Waals surface area contributed by atoms with Gasteiger partial charge in [0.2, 0.25) is 0 Å². The maximum atomic E-state index is 3.90. The SMILES string of the molecule is [CH2]CN1CCN(C2CC2)CC1. The van der Waals surface area contributed by atoms with E-state index in [4.69, 9.17) is 0 Å². The first-order chi connectivity index (χ1) is 5.40. The Morgan fingerprint density at radius 2 is 1.73 bits per heavy atom. The van der Waals surface area contributed by atoms with Gasteiger partial charge in [-0.3, -0.25) is 4.90 Å². The van der Waals surface area contributed by atoms with E-state index < -0.39 is 0 Å². The highest BCUT2D eigenvalue weighted by atomic mass is 15.3. The molecule has 0 aromatic heterocycles. The Balaban J connectivity index is 1.75. The Bertz CT molecular complexity index is 124. The van der Waals surface area contributed by atoms with E-state index in [2.05, 4.69) is 16.7 Å². The summed E-state index contributed by atoms with van der Waals surface area (Å²) in [6.45, 7) is 9.92. The smallest absolute Gasteiger partial charge is 0.0113 e. The van der Waals surface area contributed by atoms with Gasteiger partial charge in [0.1, 0.15) is 0 Å². The molecule has 1 aliphatic heterocycles. The summed E-state index contributed by atoms with van der Waals surface area (Å²) in [6.07, 6.45) is 2.90. The van der Waals surface area contributed by atoms with Crippen molar-refractivity contribution in [2.75, 3.05) is 32.7 Å². The quantitative estimate of drug-likeness (QED) is 0.573. The maximum Gasteiger partial charge on any atom is 0.0113 e. The van der Waals surface area contributed by atoms with Crippen LogP contribution in [0.15, 0.2) is 0 Å². The molecule has 0 amide bonds. The molecular weight excluding hydrogens is 136 g/mol. The third kappa shape index (κ3) is 1.74. The van der Waals surface area contributed by atoms with Gasteiger partial charge in [-0.2, -0.15) is 0 Å². The molecule has 1 aliphatic carbocycles. The Morgan fingerprint density at radius 3 is 2.18 bits per heavy atom. The highest BCUT2D eigenvalue weighted by Crippen LogP contribution is 2.27. The average Bonchev–Trinajstić information content (AvgIpc) is 2.87. The van der Waals surface area contributed by atoms with Gasteiger partial charge in [-0.05, 0) is 26.3 Å². The zero-order valence-electron chi connectivity index (χ0n) is 7.13. The number of piperazine rings is 1. The molecule has 0 aromatic carbocycles. The zero-order valence-corrected chi connectivity index (χ0v) is 7.13. The maximum absolute atomic E-state index is 3.90. The van der Waals surface area contributed by atoms with Crippen LogP contribution in [-0.4, -0.2) is 48.6 Å². The van der Waals surface area contributed by atoms with E-state index in [1.807, 2.05) is 0 Å². The highest BCUT2D eigenvalue weighted by Gasteiger charge is 2.30. The molecule has 1 saturated carbocycles. The summed E-state index contributed by atoms with van der Waals surface area (Å²) in [4.78, 5) is 5.06. The molecule has 2 fully saturated rings. The first-order valence-corrected chi connectivity index (χ1v) is 4.66. The molecule has 11 heavy (non-hydrogen) atoms. The molecule has 1 radical (unpaired) electrons. The Labute approximate surface area is 69.2 Å². The van der Waals surface area contributed by atoms with Crippen LogP contribution < -0.4 is 0 Å². The molecule has 63 valence electrons. The lowest BCUT2D eigenvalue weighted by atomic mass is 10.3. The van der Waals surface area contributed by atoms with Gasteiger partial charge in [0.05, 0.1) is 0 Å². The van der Waals surface area contributed by atoms with Gasteiger partial charge in [-0.25, -0.2) is 0 Å². The van der Waals surface area contributed by atoms with Crippen molar-refractivity contribution in [2.45, 2.75) is 18.9 Å². The molecule has 2 nitrogen and oxygen atoms in total. The summed E-state index contributed by atoms with van der Waals surface area (Å²) < 4.78 is 0. The number of rotatable bonds is 2. The van der Waals surface area contributed by atoms with E-state index in [0.29, 0.717) is 0 Å². The molecule has 2 aliphatic rings. The van der Waals surface area contributed by atoms with Crippen molar-refractivity contribution < 1.29 is 0 Å². The van der Waals surface area contributed by atoms with Crippen LogP contribution in [0.25, 0.3) is 0 Å². The van der Waals surface area contributed by atoms with Crippen LogP contribution >= 0.6 is 0 Å². The lowest BCUT2D eigenvalue weighted by Gasteiger charge is -2.33. The van der Waals surface area contributed by atoms with Crippen LogP contribution in [0.5, 0.6) is 0 Å². The second-order valence-electron chi connectivity index (χ2n) is 3.61. The van der Waals surface area contributed by atoms with Crippen LogP contribution in [0.4, 0.5) is 0 Å². The first kappa shape index (κ1) is 7.56. The molecule has 0 bridgehead atoms. The molecule has 0 atom stereocenters. The molecule has 1 saturated heterocycles. The van der Waals surface area contributed by atoms with Gasteiger partial charge in [0.15, 0.2) is 0 Å². The van der Waals surface area contributed by atoms with Gasteiger partial charge in [0, 0.05) is 32.2 Å². The summed E-state index contributed by atoms with van der Waals surface area (Å²) in [7, 11) is 0. The van der Waals surface area contributed by atoms with Gasteiger partial charge in [-0.1, -0.05) is 0 Å². The third-order valence-electron chi connectivity index (χ3n) is 2.79. The lowest BCUT2D eigenvalue weighted by Crippen LogP contribution is -2.46. The highest BCUT2D eigenvalue weighted by molar-refractivity contribution is 4.87. The molecular formula is C9H17N2. The van der Waals surface area contributed by atoms with Crippen LogP contribution in [0.3, 0.4) is 0 Å². The predicted octanol–water partition coefficient (Wildman–Crippen LogP) is 0.600. The number of hydrogen-bond donors (Lipinski definition) is 0. The molecule has 0 aromatic rings. The van der Waals surface area contributed by atoms with Gasteiger partial charge >= 0.3 is 0 Å². The Kier molecular flexibility index (Phi) is 2.14. The van der Waals surface area contributed by atoms with Crippen LogP contribution in [0, 0.1) is 6.92 Å². The van der Waals surface area contributed by atoms with E-state index in [1.165, 1.54) is 39.0 Å². The third-order valence-corrected chi connectivity index (χ3v) is 2.79. The molecule has 2 heteroatoms. The topological polar surface area (TPSA) is 6.48 Å². The monoisotopic (exact) mass is 153 g/mol. The first-order valence-electron chi connectivity index (χ1n) is 4.66.